The number of hydrogen-bond donors (Lipinski definition) is 1. The lowest BCUT2D eigenvalue weighted by atomic mass is 10.3. The van der Waals surface area contributed by atoms with Crippen LogP contribution in [0.25, 0.3) is 17.0 Å². The molecule has 0 aromatic carbocycles. The van der Waals surface area contributed by atoms with Gasteiger partial charge in [0.25, 0.3) is 6.43 Å². The maximum atomic E-state index is 13.9. The van der Waals surface area contributed by atoms with Crippen LogP contribution < -0.4 is 10.2 Å². The smallest absolute Gasteiger partial charge is 0.278 e. The predicted molar refractivity (Wildman–Crippen MR) is 108 cm³/mol. The summed E-state index contributed by atoms with van der Waals surface area (Å²) in [5.74, 6) is 0.574. The van der Waals surface area contributed by atoms with Crippen LogP contribution in [0.4, 0.5) is 26.4 Å². The number of pyridine rings is 1. The van der Waals surface area contributed by atoms with Gasteiger partial charge in [-0.2, -0.15) is 15.0 Å². The highest BCUT2D eigenvalue weighted by atomic mass is 19.3. The van der Waals surface area contributed by atoms with Crippen LogP contribution in [0.3, 0.4) is 0 Å². The van der Waals surface area contributed by atoms with Crippen molar-refractivity contribution in [1.82, 2.24) is 34.5 Å². The van der Waals surface area contributed by atoms with Gasteiger partial charge in [0.2, 0.25) is 17.8 Å². The van der Waals surface area contributed by atoms with E-state index < -0.39 is 6.43 Å². The molecule has 0 atom stereocenters. The van der Waals surface area contributed by atoms with E-state index in [1.54, 1.807) is 30.7 Å². The molecule has 1 saturated heterocycles. The summed E-state index contributed by atoms with van der Waals surface area (Å²) in [6.07, 6.45) is 3.31. The van der Waals surface area contributed by atoms with E-state index in [9.17, 15) is 8.78 Å². The van der Waals surface area contributed by atoms with Crippen molar-refractivity contribution in [3.8, 4) is 5.95 Å². The van der Waals surface area contributed by atoms with Gasteiger partial charge in [-0.15, -0.1) is 0 Å². The second-order valence-electron chi connectivity index (χ2n) is 6.73. The minimum atomic E-state index is -2.74. The average Bonchev–Trinajstić information content (AvgIpc) is 3.20. The number of anilines is 3. The summed E-state index contributed by atoms with van der Waals surface area (Å²) < 4.78 is 34.4. The van der Waals surface area contributed by atoms with Gasteiger partial charge in [-0.1, -0.05) is 0 Å². The van der Waals surface area contributed by atoms with Crippen LogP contribution in [-0.2, 0) is 4.74 Å². The van der Waals surface area contributed by atoms with E-state index >= 15 is 0 Å². The van der Waals surface area contributed by atoms with Crippen LogP contribution in [-0.4, -0.2) is 60.8 Å². The van der Waals surface area contributed by atoms with Crippen molar-refractivity contribution in [2.75, 3.05) is 36.5 Å². The fourth-order valence-corrected chi connectivity index (χ4v) is 3.33. The Bertz CT molecular complexity index is 1200. The van der Waals surface area contributed by atoms with Crippen molar-refractivity contribution in [3.05, 3.63) is 48.8 Å². The number of nitrogens with zero attached hydrogens (tertiary/aromatic N) is 8. The molecule has 1 fully saturated rings. The molecule has 1 N–H and O–H groups in total. The molecule has 0 aliphatic carbocycles. The molecule has 1 aliphatic rings. The maximum Gasteiger partial charge on any atom is 0.278 e. The first kappa shape index (κ1) is 19.2. The Morgan fingerprint density at radius 3 is 2.58 bits per heavy atom. The second-order valence-corrected chi connectivity index (χ2v) is 6.73. The molecule has 0 amide bonds. The van der Waals surface area contributed by atoms with Gasteiger partial charge in [-0.05, 0) is 18.2 Å². The number of halogens is 2. The highest BCUT2D eigenvalue weighted by Gasteiger charge is 2.23. The molecule has 0 unspecified atom stereocenters. The van der Waals surface area contributed by atoms with Crippen molar-refractivity contribution >= 4 is 28.6 Å². The lowest BCUT2D eigenvalue weighted by Crippen LogP contribution is -2.37. The van der Waals surface area contributed by atoms with Crippen LogP contribution in [0.2, 0.25) is 0 Å². The number of nitrogens with one attached hydrogen (secondary N) is 1. The third-order valence-electron chi connectivity index (χ3n) is 4.74. The Morgan fingerprint density at radius 1 is 1.03 bits per heavy atom. The first-order valence-corrected chi connectivity index (χ1v) is 9.55. The van der Waals surface area contributed by atoms with Crippen molar-refractivity contribution in [1.29, 1.82) is 0 Å². The van der Waals surface area contributed by atoms with Gasteiger partial charge in [0.05, 0.1) is 37.0 Å². The number of fused-ring (bicyclic) bond motifs is 1. The molecule has 0 bridgehead atoms. The number of rotatable bonds is 5. The summed E-state index contributed by atoms with van der Waals surface area (Å²) in [5.41, 5.74) is 0.643. The Morgan fingerprint density at radius 2 is 1.81 bits per heavy atom. The predicted octanol–water partition coefficient (Wildman–Crippen LogP) is 2.52. The molecular formula is C19H17F2N9O. The lowest BCUT2D eigenvalue weighted by Gasteiger charge is -2.27. The molecule has 5 rings (SSSR count). The van der Waals surface area contributed by atoms with Gasteiger partial charge in [-0.25, -0.2) is 23.7 Å². The summed E-state index contributed by atoms with van der Waals surface area (Å²) in [7, 11) is 0. The number of aromatic nitrogens is 7. The summed E-state index contributed by atoms with van der Waals surface area (Å²) in [5, 5.41) is 3.58. The van der Waals surface area contributed by atoms with Crippen molar-refractivity contribution in [3.63, 3.8) is 0 Å². The molecule has 5 heterocycles. The zero-order valence-electron chi connectivity index (χ0n) is 16.2. The van der Waals surface area contributed by atoms with Crippen LogP contribution in [0.1, 0.15) is 12.1 Å². The van der Waals surface area contributed by atoms with Crippen molar-refractivity contribution in [2.45, 2.75) is 6.43 Å². The summed E-state index contributed by atoms with van der Waals surface area (Å²) in [6, 6.07) is 4.80. The SMILES string of the molecule is FC(F)c1cc2cccnc2n1-c1nc(Nc2cncnc2)nc(N2CCOCC2)n1. The monoisotopic (exact) mass is 425 g/mol. The Labute approximate surface area is 175 Å². The van der Waals surface area contributed by atoms with Crippen LogP contribution in [0.5, 0.6) is 0 Å². The molecule has 1 aliphatic heterocycles. The standard InChI is InChI=1S/C19H17F2N9O/c20-15(21)14-8-12-2-1-3-24-16(12)30(14)19-27-17(25-13-9-22-11-23-10-13)26-18(28-19)29-4-6-31-7-5-29/h1-3,8-11,15H,4-7H2,(H,25,26,27,28). The molecule has 4 aromatic heterocycles. The van der Waals surface area contributed by atoms with Crippen molar-refractivity contribution < 1.29 is 13.5 Å². The highest BCUT2D eigenvalue weighted by molar-refractivity contribution is 5.79. The topological polar surface area (TPSA) is 107 Å². The van der Waals surface area contributed by atoms with Crippen LogP contribution in [0.15, 0.2) is 43.1 Å². The molecule has 10 nitrogen and oxygen atoms in total. The minimum absolute atomic E-state index is 0.0415. The average molecular weight is 425 g/mol. The summed E-state index contributed by atoms with van der Waals surface area (Å²) in [4.78, 5) is 27.5. The summed E-state index contributed by atoms with van der Waals surface area (Å²) in [6.45, 7) is 2.19. The fraction of sp³-hybridized carbons (Fsp3) is 0.263. The number of ether oxygens (including phenoxy) is 1. The van der Waals surface area contributed by atoms with E-state index in [0.29, 0.717) is 49.0 Å². The lowest BCUT2D eigenvalue weighted by molar-refractivity contribution is 0.122. The van der Waals surface area contributed by atoms with Gasteiger partial charge >= 0.3 is 0 Å². The molecular weight excluding hydrogens is 408 g/mol. The Kier molecular flexibility index (Phi) is 5.04. The molecule has 31 heavy (non-hydrogen) atoms. The quantitative estimate of drug-likeness (QED) is 0.516. The third kappa shape index (κ3) is 3.84. The molecule has 158 valence electrons. The van der Waals surface area contributed by atoms with E-state index in [4.69, 9.17) is 4.74 Å². The van der Waals surface area contributed by atoms with E-state index in [-0.39, 0.29) is 17.6 Å². The first-order chi connectivity index (χ1) is 15.2. The number of hydrogen-bond acceptors (Lipinski definition) is 9. The van der Waals surface area contributed by atoms with Crippen LogP contribution >= 0.6 is 0 Å². The molecule has 0 spiro atoms. The first-order valence-electron chi connectivity index (χ1n) is 9.55. The number of alkyl halides is 2. The van der Waals surface area contributed by atoms with Crippen molar-refractivity contribution in [2.24, 2.45) is 0 Å². The second kappa shape index (κ2) is 8.14. The normalized spacial score (nSPS) is 14.4. The number of morpholine rings is 1. The zero-order chi connectivity index (χ0) is 21.2. The van der Waals surface area contributed by atoms with E-state index in [0.717, 1.165) is 0 Å². The van der Waals surface area contributed by atoms with Gasteiger partial charge in [-0.3, -0.25) is 4.57 Å². The zero-order valence-corrected chi connectivity index (χ0v) is 16.2. The Hall–Kier alpha value is -3.80. The largest absolute Gasteiger partial charge is 0.378 e. The van der Waals surface area contributed by atoms with Gasteiger partial charge in [0, 0.05) is 24.7 Å². The van der Waals surface area contributed by atoms with E-state index in [2.05, 4.69) is 35.2 Å². The molecule has 0 radical (unpaired) electrons. The van der Waals surface area contributed by atoms with Gasteiger partial charge < -0.3 is 15.0 Å². The molecule has 4 aromatic rings. The van der Waals surface area contributed by atoms with Gasteiger partial charge in [0.15, 0.2) is 0 Å². The maximum absolute atomic E-state index is 13.9. The molecule has 12 heteroatoms. The highest BCUT2D eigenvalue weighted by Crippen LogP contribution is 2.29. The van der Waals surface area contributed by atoms with Gasteiger partial charge in [0.1, 0.15) is 12.0 Å². The third-order valence-corrected chi connectivity index (χ3v) is 4.74. The molecule has 0 saturated carbocycles. The fourth-order valence-electron chi connectivity index (χ4n) is 3.33. The van der Waals surface area contributed by atoms with Crippen LogP contribution in [0, 0.1) is 0 Å². The minimum Gasteiger partial charge on any atom is -0.378 e. The van der Waals surface area contributed by atoms with E-state index in [1.807, 2.05) is 4.90 Å². The summed E-state index contributed by atoms with van der Waals surface area (Å²) >= 11 is 0. The Balaban J connectivity index is 1.66. The van der Waals surface area contributed by atoms with E-state index in [1.165, 1.54) is 17.0 Å².